The van der Waals surface area contributed by atoms with E-state index in [0.717, 1.165) is 6.42 Å². The summed E-state index contributed by atoms with van der Waals surface area (Å²) in [7, 11) is 3.07. The summed E-state index contributed by atoms with van der Waals surface area (Å²) in [5.74, 6) is 1.05. The van der Waals surface area contributed by atoms with Crippen molar-refractivity contribution in [1.82, 2.24) is 5.32 Å². The molecule has 1 radical (unpaired) electrons. The van der Waals surface area contributed by atoms with E-state index in [2.05, 4.69) is 16.7 Å². The maximum absolute atomic E-state index is 9.11. The Labute approximate surface area is 145 Å². The lowest BCUT2D eigenvalue weighted by Crippen LogP contribution is -2.29. The number of nitriles is 1. The first-order valence-electron chi connectivity index (χ1n) is 6.72. The maximum atomic E-state index is 9.11. The first-order valence-corrected chi connectivity index (χ1v) is 7.51. The Morgan fingerprint density at radius 1 is 1.26 bits per heavy atom. The van der Waals surface area contributed by atoms with Crippen LogP contribution >= 0.6 is 23.8 Å². The molecule has 1 aliphatic rings. The minimum Gasteiger partial charge on any atom is -0.495 e. The lowest BCUT2D eigenvalue weighted by atomic mass is 10.0. The Bertz CT molecular complexity index is 723. The van der Waals surface area contributed by atoms with Crippen LogP contribution in [0.25, 0.3) is 0 Å². The standard InChI is InChI=1S/C16H15ClN3O2S/c1-21-14-8-15(22-2)13(7-11(14)17)20-16(23)19-12-6-4-3-5-10(12)9-18/h3,5-8H,4H2,1-2H3,(H2,19,20,23). The largest absolute Gasteiger partial charge is 0.495 e. The van der Waals surface area contributed by atoms with E-state index in [-0.39, 0.29) is 0 Å². The topological polar surface area (TPSA) is 66.3 Å². The highest BCUT2D eigenvalue weighted by molar-refractivity contribution is 7.80. The van der Waals surface area contributed by atoms with Crippen molar-refractivity contribution in [3.05, 3.63) is 47.0 Å². The predicted octanol–water partition coefficient (Wildman–Crippen LogP) is 3.59. The lowest BCUT2D eigenvalue weighted by molar-refractivity contribution is 0.396. The Balaban J connectivity index is 2.15. The van der Waals surface area contributed by atoms with Crippen LogP contribution < -0.4 is 20.1 Å². The number of anilines is 1. The monoisotopic (exact) mass is 348 g/mol. The van der Waals surface area contributed by atoms with E-state index >= 15 is 0 Å². The van der Waals surface area contributed by atoms with Crippen molar-refractivity contribution in [1.29, 1.82) is 5.26 Å². The second-order valence-electron chi connectivity index (χ2n) is 4.55. The van der Waals surface area contributed by atoms with Crippen LogP contribution in [0.2, 0.25) is 5.02 Å². The molecule has 2 rings (SSSR count). The number of allylic oxidation sites excluding steroid dienone is 3. The van der Waals surface area contributed by atoms with Crippen molar-refractivity contribution < 1.29 is 9.47 Å². The Morgan fingerprint density at radius 2 is 2.00 bits per heavy atom. The molecule has 2 N–H and O–H groups in total. The van der Waals surface area contributed by atoms with Crippen LogP contribution in [0, 0.1) is 17.8 Å². The SMILES string of the molecule is COc1cc(OC)c(NC(=S)NC2=CC[CH]C=C2C#N)cc1Cl. The van der Waals surface area contributed by atoms with Crippen LogP contribution in [0.5, 0.6) is 11.5 Å². The summed E-state index contributed by atoms with van der Waals surface area (Å²) in [5, 5.41) is 15.9. The van der Waals surface area contributed by atoms with E-state index in [9.17, 15) is 0 Å². The number of benzene rings is 1. The van der Waals surface area contributed by atoms with E-state index in [1.165, 1.54) is 7.11 Å². The van der Waals surface area contributed by atoms with Gasteiger partial charge in [-0.2, -0.15) is 5.26 Å². The average molecular weight is 349 g/mol. The molecule has 0 amide bonds. The van der Waals surface area contributed by atoms with Crippen molar-refractivity contribution >= 4 is 34.6 Å². The molecule has 7 heteroatoms. The van der Waals surface area contributed by atoms with Gasteiger partial charge in [0.2, 0.25) is 0 Å². The van der Waals surface area contributed by atoms with Gasteiger partial charge in [0.25, 0.3) is 0 Å². The second-order valence-corrected chi connectivity index (χ2v) is 5.36. The fourth-order valence-electron chi connectivity index (χ4n) is 2.02. The molecule has 119 valence electrons. The molecule has 0 heterocycles. The molecule has 0 aromatic heterocycles. The zero-order valence-electron chi connectivity index (χ0n) is 12.6. The highest BCUT2D eigenvalue weighted by Crippen LogP contribution is 2.35. The molecule has 5 nitrogen and oxygen atoms in total. The number of hydrogen-bond donors (Lipinski definition) is 2. The third-order valence-electron chi connectivity index (χ3n) is 3.12. The predicted molar refractivity (Wildman–Crippen MR) is 94.6 cm³/mol. The third kappa shape index (κ3) is 4.15. The van der Waals surface area contributed by atoms with Crippen LogP contribution in [-0.2, 0) is 0 Å². The lowest BCUT2D eigenvalue weighted by Gasteiger charge is -2.17. The van der Waals surface area contributed by atoms with Gasteiger partial charge in [-0.3, -0.25) is 0 Å². The molecule has 0 fully saturated rings. The highest BCUT2D eigenvalue weighted by atomic mass is 35.5. The summed E-state index contributed by atoms with van der Waals surface area (Å²) < 4.78 is 10.5. The second kappa shape index (κ2) is 7.86. The molecule has 0 spiro atoms. The zero-order valence-corrected chi connectivity index (χ0v) is 14.2. The fourth-order valence-corrected chi connectivity index (χ4v) is 2.48. The molecule has 0 saturated carbocycles. The van der Waals surface area contributed by atoms with E-state index in [1.807, 2.05) is 12.5 Å². The number of methoxy groups -OCH3 is 2. The van der Waals surface area contributed by atoms with Gasteiger partial charge in [-0.05, 0) is 31.1 Å². The molecule has 1 aliphatic carbocycles. The van der Waals surface area contributed by atoms with E-state index in [1.54, 1.807) is 25.3 Å². The van der Waals surface area contributed by atoms with Crippen LogP contribution in [0.1, 0.15) is 6.42 Å². The highest BCUT2D eigenvalue weighted by Gasteiger charge is 2.13. The molecule has 0 aliphatic heterocycles. The quantitative estimate of drug-likeness (QED) is 0.811. The minimum absolute atomic E-state index is 0.332. The van der Waals surface area contributed by atoms with Gasteiger partial charge in [0, 0.05) is 6.07 Å². The normalized spacial score (nSPS) is 13.3. The van der Waals surface area contributed by atoms with Gasteiger partial charge in [0.05, 0.1) is 36.2 Å². The number of nitrogens with zero attached hydrogens (tertiary/aromatic N) is 1. The summed E-state index contributed by atoms with van der Waals surface area (Å²) in [5.41, 5.74) is 1.80. The summed E-state index contributed by atoms with van der Waals surface area (Å²) in [6, 6.07) is 5.45. The zero-order chi connectivity index (χ0) is 16.8. The van der Waals surface area contributed by atoms with Gasteiger partial charge >= 0.3 is 0 Å². The summed E-state index contributed by atoms with van der Waals surface area (Å²) in [6.45, 7) is 0. The van der Waals surface area contributed by atoms with Crippen molar-refractivity contribution in [2.45, 2.75) is 6.42 Å². The van der Waals surface area contributed by atoms with Crippen molar-refractivity contribution in [2.24, 2.45) is 0 Å². The van der Waals surface area contributed by atoms with Crippen molar-refractivity contribution in [3.8, 4) is 17.6 Å². The number of nitrogens with one attached hydrogen (secondary N) is 2. The minimum atomic E-state index is 0.332. The molecule has 0 saturated heterocycles. The first kappa shape index (κ1) is 17.1. The van der Waals surface area contributed by atoms with Crippen molar-refractivity contribution in [3.63, 3.8) is 0 Å². The molecule has 1 aromatic carbocycles. The van der Waals surface area contributed by atoms with E-state index in [4.69, 9.17) is 38.6 Å². The molecular formula is C16H15ClN3O2S. The van der Waals surface area contributed by atoms with Gasteiger partial charge in [-0.1, -0.05) is 23.8 Å². The molecule has 1 aromatic rings. The van der Waals surface area contributed by atoms with Crippen molar-refractivity contribution in [2.75, 3.05) is 19.5 Å². The number of halogens is 1. The number of rotatable bonds is 4. The molecule has 0 unspecified atom stereocenters. The Morgan fingerprint density at radius 3 is 2.65 bits per heavy atom. The van der Waals surface area contributed by atoms with Crippen LogP contribution in [0.15, 0.2) is 35.6 Å². The van der Waals surface area contributed by atoms with E-state index < -0.39 is 0 Å². The first-order chi connectivity index (χ1) is 11.1. The molecule has 0 atom stereocenters. The summed E-state index contributed by atoms with van der Waals surface area (Å²) in [6.07, 6.45) is 6.31. The van der Waals surface area contributed by atoms with Gasteiger partial charge < -0.3 is 20.1 Å². The number of ether oxygens (including phenoxy) is 2. The van der Waals surface area contributed by atoms with Crippen LogP contribution in [-0.4, -0.2) is 19.3 Å². The fraction of sp³-hybridized carbons (Fsp3) is 0.188. The Kier molecular flexibility index (Phi) is 5.85. The van der Waals surface area contributed by atoms with Gasteiger partial charge in [0.15, 0.2) is 5.11 Å². The maximum Gasteiger partial charge on any atom is 0.175 e. The molecule has 0 bridgehead atoms. The van der Waals surface area contributed by atoms with Gasteiger partial charge in [-0.25, -0.2) is 0 Å². The Hall–Kier alpha value is -2.23. The average Bonchev–Trinajstić information content (AvgIpc) is 2.55. The summed E-state index contributed by atoms with van der Waals surface area (Å²) in [4.78, 5) is 0. The molecule has 23 heavy (non-hydrogen) atoms. The number of hydrogen-bond acceptors (Lipinski definition) is 4. The molecular weight excluding hydrogens is 334 g/mol. The van der Waals surface area contributed by atoms with Gasteiger partial charge in [0.1, 0.15) is 17.6 Å². The van der Waals surface area contributed by atoms with Crippen LogP contribution in [0.4, 0.5) is 5.69 Å². The van der Waals surface area contributed by atoms with Gasteiger partial charge in [-0.15, -0.1) is 0 Å². The third-order valence-corrected chi connectivity index (χ3v) is 3.62. The summed E-state index contributed by atoms with van der Waals surface area (Å²) >= 11 is 11.4. The van der Waals surface area contributed by atoms with E-state index in [0.29, 0.717) is 38.6 Å². The van der Waals surface area contributed by atoms with Crippen LogP contribution in [0.3, 0.4) is 0 Å². The number of thiocarbonyl (C=S) groups is 1. The smallest absolute Gasteiger partial charge is 0.175 e.